The molecule has 0 amide bonds. The number of likely N-dealkylation sites (tertiary alicyclic amines) is 1. The van der Waals surface area contributed by atoms with Crippen LogP contribution in [0.4, 0.5) is 5.69 Å². The lowest BCUT2D eigenvalue weighted by Gasteiger charge is -2.32. The Balaban J connectivity index is 1.90. The fourth-order valence-electron chi connectivity index (χ4n) is 2.39. The number of nitrogens with one attached hydrogen (secondary N) is 1. The summed E-state index contributed by atoms with van der Waals surface area (Å²) in [6.45, 7) is 4.42. The molecule has 94 valence electrons. The molecule has 0 saturated carbocycles. The third kappa shape index (κ3) is 3.46. The van der Waals surface area contributed by atoms with Gasteiger partial charge in [0.1, 0.15) is 0 Å². The van der Waals surface area contributed by atoms with E-state index in [9.17, 15) is 0 Å². The van der Waals surface area contributed by atoms with Crippen molar-refractivity contribution < 1.29 is 0 Å². The molecule has 1 aliphatic rings. The predicted molar refractivity (Wildman–Crippen MR) is 77.6 cm³/mol. The molecule has 0 radical (unpaired) electrons. The van der Waals surface area contributed by atoms with Crippen molar-refractivity contribution in [2.24, 2.45) is 0 Å². The third-order valence-electron chi connectivity index (χ3n) is 3.62. The van der Waals surface area contributed by atoms with Crippen molar-refractivity contribution in [2.75, 3.05) is 25.5 Å². The zero-order valence-corrected chi connectivity index (χ0v) is 12.3. The molecule has 1 aromatic carbocycles. The first kappa shape index (κ1) is 12.9. The van der Waals surface area contributed by atoms with Crippen molar-refractivity contribution >= 4 is 21.6 Å². The lowest BCUT2D eigenvalue weighted by Crippen LogP contribution is -2.40. The van der Waals surface area contributed by atoms with Gasteiger partial charge in [-0.15, -0.1) is 0 Å². The second kappa shape index (κ2) is 5.87. The molecule has 0 aromatic heterocycles. The van der Waals surface area contributed by atoms with Crippen molar-refractivity contribution in [3.8, 4) is 0 Å². The van der Waals surface area contributed by atoms with Gasteiger partial charge in [-0.3, -0.25) is 0 Å². The maximum Gasteiger partial charge on any atom is 0.0344 e. The fraction of sp³-hybridized carbons (Fsp3) is 0.571. The molecule has 1 unspecified atom stereocenters. The predicted octanol–water partition coefficient (Wildman–Crippen LogP) is 3.65. The Morgan fingerprint density at radius 2 is 2.24 bits per heavy atom. The smallest absolute Gasteiger partial charge is 0.0344 e. The molecule has 1 N–H and O–H groups in total. The SMILES string of the molecule is Cc1cc(NCC2CCCCN2C)ccc1Br. The quantitative estimate of drug-likeness (QED) is 0.916. The standard InChI is InChI=1S/C14H21BrN2/c1-11-9-12(6-7-14(11)15)16-10-13-5-3-4-8-17(13)2/h6-7,9,13,16H,3-5,8,10H2,1-2H3. The first-order chi connectivity index (χ1) is 8.16. The zero-order chi connectivity index (χ0) is 12.3. The van der Waals surface area contributed by atoms with E-state index >= 15 is 0 Å². The molecule has 0 spiro atoms. The van der Waals surface area contributed by atoms with Crippen LogP contribution in [0.15, 0.2) is 22.7 Å². The van der Waals surface area contributed by atoms with E-state index in [2.05, 4.69) is 58.3 Å². The van der Waals surface area contributed by atoms with Gasteiger partial charge in [-0.25, -0.2) is 0 Å². The Kier molecular flexibility index (Phi) is 4.46. The van der Waals surface area contributed by atoms with Gasteiger partial charge in [0.2, 0.25) is 0 Å². The average molecular weight is 297 g/mol. The molecule has 0 aliphatic carbocycles. The van der Waals surface area contributed by atoms with Crippen molar-refractivity contribution in [1.82, 2.24) is 4.90 Å². The van der Waals surface area contributed by atoms with Gasteiger partial charge >= 0.3 is 0 Å². The summed E-state index contributed by atoms with van der Waals surface area (Å²) in [5.41, 5.74) is 2.51. The summed E-state index contributed by atoms with van der Waals surface area (Å²) in [5, 5.41) is 3.55. The number of piperidine rings is 1. The third-order valence-corrected chi connectivity index (χ3v) is 4.51. The van der Waals surface area contributed by atoms with E-state index in [-0.39, 0.29) is 0 Å². The summed E-state index contributed by atoms with van der Waals surface area (Å²) in [5.74, 6) is 0. The summed E-state index contributed by atoms with van der Waals surface area (Å²) >= 11 is 3.53. The van der Waals surface area contributed by atoms with E-state index < -0.39 is 0 Å². The van der Waals surface area contributed by atoms with Crippen LogP contribution in [0.2, 0.25) is 0 Å². The van der Waals surface area contributed by atoms with Crippen LogP contribution >= 0.6 is 15.9 Å². The maximum atomic E-state index is 3.55. The lowest BCUT2D eigenvalue weighted by atomic mass is 10.0. The van der Waals surface area contributed by atoms with E-state index in [4.69, 9.17) is 0 Å². The molecule has 17 heavy (non-hydrogen) atoms. The van der Waals surface area contributed by atoms with Gasteiger partial charge in [0.25, 0.3) is 0 Å². The maximum absolute atomic E-state index is 3.55. The number of nitrogens with zero attached hydrogens (tertiary/aromatic N) is 1. The number of halogens is 1. The van der Waals surface area contributed by atoms with Crippen LogP contribution in [-0.4, -0.2) is 31.1 Å². The highest BCUT2D eigenvalue weighted by Crippen LogP contribution is 2.21. The highest BCUT2D eigenvalue weighted by molar-refractivity contribution is 9.10. The molecule has 3 heteroatoms. The number of anilines is 1. The molecule has 1 aliphatic heterocycles. The van der Waals surface area contributed by atoms with Gasteiger partial charge in [-0.2, -0.15) is 0 Å². The van der Waals surface area contributed by atoms with Gasteiger partial charge in [0.05, 0.1) is 0 Å². The van der Waals surface area contributed by atoms with Crippen LogP contribution in [0.5, 0.6) is 0 Å². The summed E-state index contributed by atoms with van der Waals surface area (Å²) in [6, 6.07) is 7.14. The van der Waals surface area contributed by atoms with Crippen LogP contribution in [0, 0.1) is 6.92 Å². The Hall–Kier alpha value is -0.540. The molecule has 1 aromatic rings. The minimum absolute atomic E-state index is 0.688. The van der Waals surface area contributed by atoms with Crippen molar-refractivity contribution in [3.63, 3.8) is 0 Å². The highest BCUT2D eigenvalue weighted by Gasteiger charge is 2.18. The fourth-order valence-corrected chi connectivity index (χ4v) is 2.64. The zero-order valence-electron chi connectivity index (χ0n) is 10.7. The molecule has 2 rings (SSSR count). The van der Waals surface area contributed by atoms with Crippen LogP contribution in [0.3, 0.4) is 0 Å². The number of aryl methyl sites for hydroxylation is 1. The topological polar surface area (TPSA) is 15.3 Å². The molecule has 1 fully saturated rings. The van der Waals surface area contributed by atoms with E-state index in [0.717, 1.165) is 6.54 Å². The minimum Gasteiger partial charge on any atom is -0.383 e. The van der Waals surface area contributed by atoms with Gasteiger partial charge in [0.15, 0.2) is 0 Å². The number of hydrogen-bond donors (Lipinski definition) is 1. The normalized spacial score (nSPS) is 21.5. The van der Waals surface area contributed by atoms with E-state index in [1.54, 1.807) is 0 Å². The minimum atomic E-state index is 0.688. The largest absolute Gasteiger partial charge is 0.383 e. The van der Waals surface area contributed by atoms with Crippen LogP contribution in [0.1, 0.15) is 24.8 Å². The monoisotopic (exact) mass is 296 g/mol. The Morgan fingerprint density at radius 1 is 1.41 bits per heavy atom. The number of rotatable bonds is 3. The Labute approximate surface area is 113 Å². The second-order valence-corrected chi connectivity index (χ2v) is 5.83. The first-order valence-electron chi connectivity index (χ1n) is 6.37. The van der Waals surface area contributed by atoms with Gasteiger partial charge in [0, 0.05) is 22.7 Å². The average Bonchev–Trinajstić information content (AvgIpc) is 2.32. The van der Waals surface area contributed by atoms with Crippen LogP contribution in [0.25, 0.3) is 0 Å². The Morgan fingerprint density at radius 3 is 2.94 bits per heavy atom. The van der Waals surface area contributed by atoms with Gasteiger partial charge < -0.3 is 10.2 Å². The first-order valence-corrected chi connectivity index (χ1v) is 7.16. The second-order valence-electron chi connectivity index (χ2n) is 4.98. The van der Waals surface area contributed by atoms with E-state index in [0.29, 0.717) is 6.04 Å². The molecular weight excluding hydrogens is 276 g/mol. The van der Waals surface area contributed by atoms with Crippen molar-refractivity contribution in [2.45, 2.75) is 32.2 Å². The van der Waals surface area contributed by atoms with Crippen LogP contribution < -0.4 is 5.32 Å². The van der Waals surface area contributed by atoms with Crippen molar-refractivity contribution in [3.05, 3.63) is 28.2 Å². The summed E-state index contributed by atoms with van der Waals surface area (Å²) in [7, 11) is 2.23. The highest BCUT2D eigenvalue weighted by atomic mass is 79.9. The molecule has 0 bridgehead atoms. The van der Waals surface area contributed by atoms with E-state index in [1.165, 1.54) is 41.5 Å². The molecule has 1 atom stereocenters. The summed E-state index contributed by atoms with van der Waals surface area (Å²) in [6.07, 6.45) is 4.04. The molecule has 1 saturated heterocycles. The van der Waals surface area contributed by atoms with Crippen molar-refractivity contribution in [1.29, 1.82) is 0 Å². The van der Waals surface area contributed by atoms with Gasteiger partial charge in [-0.05, 0) is 57.1 Å². The summed E-state index contributed by atoms with van der Waals surface area (Å²) < 4.78 is 1.18. The number of likely N-dealkylation sites (N-methyl/N-ethyl adjacent to an activating group) is 1. The molecule has 2 nitrogen and oxygen atoms in total. The Bertz CT molecular complexity index is 378. The number of hydrogen-bond acceptors (Lipinski definition) is 2. The van der Waals surface area contributed by atoms with Gasteiger partial charge in [-0.1, -0.05) is 22.4 Å². The number of benzene rings is 1. The van der Waals surface area contributed by atoms with Crippen LogP contribution in [-0.2, 0) is 0 Å². The lowest BCUT2D eigenvalue weighted by molar-refractivity contribution is 0.194. The summed E-state index contributed by atoms with van der Waals surface area (Å²) in [4.78, 5) is 2.47. The molecular formula is C14H21BrN2. The molecule has 1 heterocycles. The van der Waals surface area contributed by atoms with E-state index in [1.807, 2.05) is 0 Å².